The van der Waals surface area contributed by atoms with E-state index < -0.39 is 25.0 Å². The van der Waals surface area contributed by atoms with E-state index >= 15 is 0 Å². The van der Waals surface area contributed by atoms with Crippen LogP contribution in [0.25, 0.3) is 0 Å². The molecular weight excluding hydrogens is 415 g/mol. The molecule has 172 valence electrons. The van der Waals surface area contributed by atoms with Gasteiger partial charge in [-0.25, -0.2) is 9.80 Å². The minimum absolute atomic E-state index is 0.243. The molecular formula is C23H35N2O5P. The number of hydrogen-bond acceptors (Lipinski definition) is 6. The molecule has 1 aromatic carbocycles. The predicted octanol–water partition coefficient (Wildman–Crippen LogP) is 3.87. The lowest BCUT2D eigenvalue weighted by Crippen LogP contribution is -2.59. The average Bonchev–Trinajstić information content (AvgIpc) is 2.96. The quantitative estimate of drug-likeness (QED) is 0.323. The van der Waals surface area contributed by atoms with Crippen molar-refractivity contribution in [2.24, 2.45) is 0 Å². The van der Waals surface area contributed by atoms with Gasteiger partial charge in [-0.15, -0.1) is 0 Å². The fourth-order valence-corrected chi connectivity index (χ4v) is 7.46. The van der Waals surface area contributed by atoms with Gasteiger partial charge in [-0.3, -0.25) is 14.4 Å². The first-order chi connectivity index (χ1) is 15.0. The molecule has 2 heterocycles. The third kappa shape index (κ3) is 5.76. The molecule has 0 radical (unpaired) electrons. The van der Waals surface area contributed by atoms with Crippen molar-refractivity contribution in [3.63, 3.8) is 0 Å². The number of rotatable bonds is 9. The van der Waals surface area contributed by atoms with E-state index in [9.17, 15) is 14.2 Å². The Hall–Kier alpha value is -1.69. The molecule has 2 saturated heterocycles. The summed E-state index contributed by atoms with van der Waals surface area (Å²) < 4.78 is 24.7. The maximum atomic E-state index is 14.0. The highest BCUT2D eigenvalue weighted by Gasteiger charge is 2.48. The summed E-state index contributed by atoms with van der Waals surface area (Å²) in [6, 6.07) is 9.58. The van der Waals surface area contributed by atoms with Crippen molar-refractivity contribution in [2.75, 3.05) is 33.0 Å². The zero-order chi connectivity index (χ0) is 22.3. The second-order valence-electron chi connectivity index (χ2n) is 8.29. The van der Waals surface area contributed by atoms with E-state index in [1.54, 1.807) is 5.01 Å². The summed E-state index contributed by atoms with van der Waals surface area (Å²) in [5, 5.41) is 3.49. The van der Waals surface area contributed by atoms with Gasteiger partial charge in [-0.05, 0) is 57.4 Å². The lowest BCUT2D eigenvalue weighted by molar-refractivity contribution is -0.174. The molecule has 0 saturated carbocycles. The summed E-state index contributed by atoms with van der Waals surface area (Å²) in [4.78, 5) is 26.0. The van der Waals surface area contributed by atoms with Gasteiger partial charge in [0.25, 0.3) is 5.91 Å². The van der Waals surface area contributed by atoms with Crippen LogP contribution in [0.2, 0.25) is 0 Å². The van der Waals surface area contributed by atoms with E-state index in [1.807, 2.05) is 30.1 Å². The number of unbranched alkanes of at least 4 members (excludes halogenated alkanes) is 1. The van der Waals surface area contributed by atoms with Crippen molar-refractivity contribution in [2.45, 2.75) is 63.6 Å². The smallest absolute Gasteiger partial charge is 0.330 e. The fraction of sp³-hybridized carbons (Fsp3) is 0.652. The van der Waals surface area contributed by atoms with E-state index in [-0.39, 0.29) is 5.91 Å². The number of esters is 1. The van der Waals surface area contributed by atoms with E-state index in [0.717, 1.165) is 38.6 Å². The Bertz CT molecular complexity index is 787. The van der Waals surface area contributed by atoms with Crippen LogP contribution in [0.5, 0.6) is 0 Å². The standard InChI is InChI=1S/C23H35N2O5P/c1-3-30-31(28,18-8-7-13-19-11-5-4-6-12-19)21-15-10-17-24-16-9-14-20(23(27)29-2)25(24)22(21)26/h4-6,11-12,20-21H,3,7-10,13-18H2,1-2H3/t20-,21-,31?/m0/s1. The highest BCUT2D eigenvalue weighted by molar-refractivity contribution is 7.60. The molecule has 0 N–H and O–H groups in total. The maximum absolute atomic E-state index is 14.0. The van der Waals surface area contributed by atoms with E-state index in [1.165, 1.54) is 12.7 Å². The molecule has 0 aliphatic carbocycles. The van der Waals surface area contributed by atoms with Gasteiger partial charge in [0, 0.05) is 19.3 Å². The molecule has 0 aromatic heterocycles. The molecule has 0 bridgehead atoms. The molecule has 8 heteroatoms. The summed E-state index contributed by atoms with van der Waals surface area (Å²) in [6.45, 7) is 3.53. The first kappa shape index (κ1) is 24.0. The summed E-state index contributed by atoms with van der Waals surface area (Å²) in [6.07, 6.45) is 5.60. The number of benzene rings is 1. The molecule has 7 nitrogen and oxygen atoms in total. The Labute approximate surface area is 185 Å². The van der Waals surface area contributed by atoms with Gasteiger partial charge in [-0.1, -0.05) is 30.3 Å². The van der Waals surface area contributed by atoms with Gasteiger partial charge in [0.15, 0.2) is 0 Å². The topological polar surface area (TPSA) is 76.2 Å². The molecule has 3 rings (SSSR count). The summed E-state index contributed by atoms with van der Waals surface area (Å²) >= 11 is 0. The molecule has 2 aliphatic rings. The van der Waals surface area contributed by atoms with Crippen LogP contribution in [-0.4, -0.2) is 66.6 Å². The van der Waals surface area contributed by atoms with Crippen molar-refractivity contribution < 1.29 is 23.4 Å². The normalized spacial score (nSPS) is 24.2. The van der Waals surface area contributed by atoms with Crippen molar-refractivity contribution >= 4 is 19.2 Å². The molecule has 1 amide bonds. The number of methoxy groups -OCH3 is 1. The van der Waals surface area contributed by atoms with Crippen LogP contribution in [0.4, 0.5) is 0 Å². The second-order valence-corrected chi connectivity index (χ2v) is 11.1. The lowest BCUT2D eigenvalue weighted by Gasteiger charge is -2.43. The van der Waals surface area contributed by atoms with Crippen LogP contribution in [-0.2, 0) is 29.8 Å². The van der Waals surface area contributed by atoms with E-state index in [2.05, 4.69) is 12.1 Å². The van der Waals surface area contributed by atoms with Crippen LogP contribution in [0, 0.1) is 0 Å². The Morgan fingerprint density at radius 2 is 1.84 bits per heavy atom. The van der Waals surface area contributed by atoms with Gasteiger partial charge in [0.05, 0.1) is 13.7 Å². The minimum atomic E-state index is -3.20. The van der Waals surface area contributed by atoms with Crippen LogP contribution in [0.15, 0.2) is 30.3 Å². The monoisotopic (exact) mass is 450 g/mol. The molecule has 1 aromatic rings. The predicted molar refractivity (Wildman–Crippen MR) is 120 cm³/mol. The first-order valence-electron chi connectivity index (χ1n) is 11.4. The number of amides is 1. The van der Waals surface area contributed by atoms with E-state index in [0.29, 0.717) is 32.2 Å². The maximum Gasteiger partial charge on any atom is 0.330 e. The molecule has 2 fully saturated rings. The molecule has 1 unspecified atom stereocenters. The third-order valence-corrected chi connectivity index (χ3v) is 9.29. The number of carbonyl (C=O) groups is 2. The highest BCUT2D eigenvalue weighted by Crippen LogP contribution is 2.55. The fourth-order valence-electron chi connectivity index (χ4n) is 4.70. The van der Waals surface area contributed by atoms with Gasteiger partial charge in [0.1, 0.15) is 11.7 Å². The summed E-state index contributed by atoms with van der Waals surface area (Å²) in [5.74, 6) is -0.653. The highest BCUT2D eigenvalue weighted by atomic mass is 31.2. The zero-order valence-electron chi connectivity index (χ0n) is 18.7. The number of aryl methyl sites for hydroxylation is 1. The minimum Gasteiger partial charge on any atom is -0.467 e. The molecule has 31 heavy (non-hydrogen) atoms. The second kappa shape index (κ2) is 11.3. The Morgan fingerprint density at radius 1 is 1.13 bits per heavy atom. The Morgan fingerprint density at radius 3 is 2.52 bits per heavy atom. The Balaban J connectivity index is 1.73. The average molecular weight is 451 g/mol. The van der Waals surface area contributed by atoms with Gasteiger partial charge in [0.2, 0.25) is 7.37 Å². The van der Waals surface area contributed by atoms with Crippen LogP contribution < -0.4 is 0 Å². The summed E-state index contributed by atoms with van der Waals surface area (Å²) in [5.41, 5.74) is 0.559. The van der Waals surface area contributed by atoms with Crippen LogP contribution >= 0.6 is 7.37 Å². The van der Waals surface area contributed by atoms with Crippen molar-refractivity contribution in [3.8, 4) is 0 Å². The van der Waals surface area contributed by atoms with Gasteiger partial charge < -0.3 is 9.26 Å². The van der Waals surface area contributed by atoms with Gasteiger partial charge >= 0.3 is 5.97 Å². The van der Waals surface area contributed by atoms with Crippen LogP contribution in [0.1, 0.15) is 51.0 Å². The van der Waals surface area contributed by atoms with Crippen LogP contribution in [0.3, 0.4) is 0 Å². The number of hydrogen-bond donors (Lipinski definition) is 0. The zero-order valence-corrected chi connectivity index (χ0v) is 19.6. The van der Waals surface area contributed by atoms with Crippen molar-refractivity contribution in [1.82, 2.24) is 10.0 Å². The number of carbonyl (C=O) groups excluding carboxylic acids is 2. The molecule has 3 atom stereocenters. The van der Waals surface area contributed by atoms with Crippen molar-refractivity contribution in [1.29, 1.82) is 0 Å². The molecule has 2 aliphatic heterocycles. The van der Waals surface area contributed by atoms with Crippen molar-refractivity contribution in [3.05, 3.63) is 35.9 Å². The Kier molecular flexibility index (Phi) is 8.70. The first-order valence-corrected chi connectivity index (χ1v) is 13.3. The number of nitrogens with zero attached hydrogens (tertiary/aromatic N) is 2. The third-order valence-electron chi connectivity index (χ3n) is 6.22. The van der Waals surface area contributed by atoms with Gasteiger partial charge in [-0.2, -0.15) is 0 Å². The van der Waals surface area contributed by atoms with E-state index in [4.69, 9.17) is 9.26 Å². The number of fused-ring (bicyclic) bond motifs is 1. The summed E-state index contributed by atoms with van der Waals surface area (Å²) in [7, 11) is -1.85. The number of hydrazine groups is 1. The molecule has 0 spiro atoms. The SMILES string of the molecule is CCOP(=O)(CCCCc1ccccc1)[C@H]1CCCN2CCC[C@@H](C(=O)OC)N2C1=O. The number of ether oxygens (including phenoxy) is 1. The largest absolute Gasteiger partial charge is 0.467 e. The lowest BCUT2D eigenvalue weighted by atomic mass is 10.1.